The van der Waals surface area contributed by atoms with E-state index in [4.69, 9.17) is 5.11 Å². The van der Waals surface area contributed by atoms with Crippen molar-refractivity contribution in [3.8, 4) is 0 Å². The first-order valence-electron chi connectivity index (χ1n) is 5.52. The van der Waals surface area contributed by atoms with Crippen LogP contribution in [0.3, 0.4) is 0 Å². The third-order valence-corrected chi connectivity index (χ3v) is 5.62. The van der Waals surface area contributed by atoms with Gasteiger partial charge in [-0.3, -0.25) is 9.00 Å². The summed E-state index contributed by atoms with van der Waals surface area (Å²) in [4.78, 5) is 10.8. The fourth-order valence-corrected chi connectivity index (χ4v) is 3.11. The number of carbonyl (C=O) groups is 1. The largest absolute Gasteiger partial charge is 0.481 e. The number of aliphatic carboxylic acids is 1. The second-order valence-corrected chi connectivity index (χ2v) is 6.12. The Bertz CT molecular complexity index is 234. The predicted molar refractivity (Wildman–Crippen MR) is 63.4 cm³/mol. The summed E-state index contributed by atoms with van der Waals surface area (Å²) in [5.74, 6) is -1.02. The van der Waals surface area contributed by atoms with Crippen LogP contribution in [0.4, 0.5) is 0 Å². The van der Waals surface area contributed by atoms with Gasteiger partial charge in [0.25, 0.3) is 0 Å². The van der Waals surface area contributed by atoms with Crippen molar-refractivity contribution in [1.29, 1.82) is 0 Å². The molecular weight excluding hydrogens is 212 g/mol. The average Bonchev–Trinajstić information content (AvgIpc) is 2.23. The number of carboxylic acid groups (broad SMARTS) is 1. The Kier molecular flexibility index (Phi) is 6.10. The van der Waals surface area contributed by atoms with Crippen LogP contribution < -0.4 is 0 Å². The molecule has 0 spiro atoms. The highest BCUT2D eigenvalue weighted by molar-refractivity contribution is 7.86. The summed E-state index contributed by atoms with van der Waals surface area (Å²) in [5, 5.41) is 8.90. The lowest BCUT2D eigenvalue weighted by Crippen LogP contribution is -2.34. The lowest BCUT2D eigenvalue weighted by Gasteiger charge is -2.27. The third kappa shape index (κ3) is 3.93. The molecule has 1 N–H and O–H groups in total. The van der Waals surface area contributed by atoms with E-state index in [9.17, 15) is 9.00 Å². The summed E-state index contributed by atoms with van der Waals surface area (Å²) in [7, 11) is -1.05. The molecule has 0 aromatic carbocycles. The van der Waals surface area contributed by atoms with Crippen LogP contribution in [0.15, 0.2) is 0 Å². The second kappa shape index (κ2) is 6.26. The molecule has 0 aromatic rings. The van der Waals surface area contributed by atoms with E-state index in [1.807, 2.05) is 27.7 Å². The van der Waals surface area contributed by atoms with Crippen LogP contribution in [0.5, 0.6) is 0 Å². The molecule has 0 amide bonds. The Morgan fingerprint density at radius 2 is 1.80 bits per heavy atom. The van der Waals surface area contributed by atoms with Gasteiger partial charge in [0.15, 0.2) is 0 Å². The van der Waals surface area contributed by atoms with Crippen molar-refractivity contribution in [3.63, 3.8) is 0 Å². The van der Waals surface area contributed by atoms with Gasteiger partial charge in [-0.05, 0) is 26.2 Å². The number of carboxylic acids is 1. The quantitative estimate of drug-likeness (QED) is 0.736. The summed E-state index contributed by atoms with van der Waals surface area (Å²) in [6.45, 7) is 7.80. The Balaban J connectivity index is 4.52. The summed E-state index contributed by atoms with van der Waals surface area (Å²) < 4.78 is 11.8. The molecule has 2 atom stereocenters. The standard InChI is InChI=1S/C11H22O3S/c1-5-9(10(12)13)8-15(14)11(4,6-2)7-3/h9H,5-8H2,1-4H3,(H,12,13). The monoisotopic (exact) mass is 234 g/mol. The zero-order valence-corrected chi connectivity index (χ0v) is 10.9. The zero-order valence-electron chi connectivity index (χ0n) is 10.1. The van der Waals surface area contributed by atoms with E-state index in [1.165, 1.54) is 0 Å². The molecular formula is C11H22O3S. The molecule has 90 valence electrons. The van der Waals surface area contributed by atoms with Crippen LogP contribution in [0.1, 0.15) is 47.0 Å². The van der Waals surface area contributed by atoms with E-state index in [0.29, 0.717) is 6.42 Å². The van der Waals surface area contributed by atoms with Crippen LogP contribution in [0.2, 0.25) is 0 Å². The molecule has 3 nitrogen and oxygen atoms in total. The van der Waals surface area contributed by atoms with E-state index < -0.39 is 22.7 Å². The summed E-state index contributed by atoms with van der Waals surface area (Å²) in [5.41, 5.74) is 0. The molecule has 2 unspecified atom stereocenters. The Hall–Kier alpha value is -0.380. The molecule has 0 fully saturated rings. The first kappa shape index (κ1) is 14.6. The molecule has 0 saturated heterocycles. The van der Waals surface area contributed by atoms with Gasteiger partial charge in [0, 0.05) is 21.3 Å². The van der Waals surface area contributed by atoms with Gasteiger partial charge in [-0.1, -0.05) is 20.8 Å². The lowest BCUT2D eigenvalue weighted by atomic mass is 10.1. The highest BCUT2D eigenvalue weighted by atomic mass is 32.2. The number of hydrogen-bond acceptors (Lipinski definition) is 2. The first-order chi connectivity index (χ1) is 6.91. The molecule has 0 radical (unpaired) electrons. The number of hydrogen-bond donors (Lipinski definition) is 1. The molecule has 4 heteroatoms. The van der Waals surface area contributed by atoms with Crippen LogP contribution >= 0.6 is 0 Å². The zero-order chi connectivity index (χ0) is 12.1. The molecule has 0 bridgehead atoms. The first-order valence-corrected chi connectivity index (χ1v) is 6.84. The Morgan fingerprint density at radius 3 is 2.07 bits per heavy atom. The lowest BCUT2D eigenvalue weighted by molar-refractivity contribution is -0.141. The summed E-state index contributed by atoms with van der Waals surface area (Å²) in [6.07, 6.45) is 2.20. The van der Waals surface area contributed by atoms with E-state index in [1.54, 1.807) is 0 Å². The summed E-state index contributed by atoms with van der Waals surface area (Å²) >= 11 is 0. The van der Waals surface area contributed by atoms with Crippen LogP contribution in [0, 0.1) is 5.92 Å². The van der Waals surface area contributed by atoms with Crippen molar-refractivity contribution in [3.05, 3.63) is 0 Å². The third-order valence-electron chi connectivity index (χ3n) is 3.24. The van der Waals surface area contributed by atoms with Crippen molar-refractivity contribution in [2.24, 2.45) is 5.92 Å². The maximum atomic E-state index is 12.0. The SMILES string of the molecule is CCC(CS(=O)C(C)(CC)CC)C(=O)O. The van der Waals surface area contributed by atoms with E-state index >= 15 is 0 Å². The molecule has 0 aliphatic heterocycles. The molecule has 15 heavy (non-hydrogen) atoms. The highest BCUT2D eigenvalue weighted by Gasteiger charge is 2.30. The van der Waals surface area contributed by atoms with Crippen molar-refractivity contribution in [1.82, 2.24) is 0 Å². The number of rotatable bonds is 7. The van der Waals surface area contributed by atoms with E-state index in [2.05, 4.69) is 0 Å². The van der Waals surface area contributed by atoms with Crippen LogP contribution in [-0.2, 0) is 15.6 Å². The van der Waals surface area contributed by atoms with Gasteiger partial charge < -0.3 is 5.11 Å². The van der Waals surface area contributed by atoms with Gasteiger partial charge in [-0.2, -0.15) is 0 Å². The molecule has 0 aliphatic carbocycles. The molecule has 0 heterocycles. The molecule has 0 saturated carbocycles. The van der Waals surface area contributed by atoms with Crippen molar-refractivity contribution < 1.29 is 14.1 Å². The van der Waals surface area contributed by atoms with Crippen molar-refractivity contribution in [2.75, 3.05) is 5.75 Å². The average molecular weight is 234 g/mol. The van der Waals surface area contributed by atoms with Gasteiger partial charge >= 0.3 is 5.97 Å². The fourth-order valence-electron chi connectivity index (χ4n) is 1.32. The summed E-state index contributed by atoms with van der Waals surface area (Å²) in [6, 6.07) is 0. The maximum absolute atomic E-state index is 12.0. The van der Waals surface area contributed by atoms with Crippen molar-refractivity contribution in [2.45, 2.75) is 51.7 Å². The van der Waals surface area contributed by atoms with Gasteiger partial charge in [-0.15, -0.1) is 0 Å². The molecule has 0 aliphatic rings. The smallest absolute Gasteiger partial charge is 0.307 e. The minimum Gasteiger partial charge on any atom is -0.481 e. The Labute approximate surface area is 94.7 Å². The fraction of sp³-hybridized carbons (Fsp3) is 0.909. The normalized spacial score (nSPS) is 16.0. The van der Waals surface area contributed by atoms with E-state index in [-0.39, 0.29) is 10.5 Å². The molecule has 0 rings (SSSR count). The second-order valence-electron chi connectivity index (χ2n) is 4.11. The van der Waals surface area contributed by atoms with E-state index in [0.717, 1.165) is 12.8 Å². The van der Waals surface area contributed by atoms with Gasteiger partial charge in [0.1, 0.15) is 0 Å². The van der Waals surface area contributed by atoms with Gasteiger partial charge in [0.05, 0.1) is 5.92 Å². The van der Waals surface area contributed by atoms with Gasteiger partial charge in [-0.25, -0.2) is 0 Å². The topological polar surface area (TPSA) is 54.4 Å². The minimum absolute atomic E-state index is 0.233. The molecule has 0 aromatic heterocycles. The minimum atomic E-state index is -1.05. The Morgan fingerprint density at radius 1 is 1.33 bits per heavy atom. The van der Waals surface area contributed by atoms with Crippen LogP contribution in [-0.4, -0.2) is 25.8 Å². The van der Waals surface area contributed by atoms with Gasteiger partial charge in [0.2, 0.25) is 0 Å². The van der Waals surface area contributed by atoms with Crippen molar-refractivity contribution >= 4 is 16.8 Å². The maximum Gasteiger partial charge on any atom is 0.307 e. The highest BCUT2D eigenvalue weighted by Crippen LogP contribution is 2.24. The van der Waals surface area contributed by atoms with Crippen LogP contribution in [0.25, 0.3) is 0 Å². The predicted octanol–water partition coefficient (Wildman–Crippen LogP) is 2.42.